The van der Waals surface area contributed by atoms with E-state index in [2.05, 4.69) is 11.1 Å². The number of aromatic nitrogens is 3. The van der Waals surface area contributed by atoms with Crippen molar-refractivity contribution in [3.05, 3.63) is 99.6 Å². The van der Waals surface area contributed by atoms with Crippen LogP contribution in [0.15, 0.2) is 80.9 Å². The molecule has 6 nitrogen and oxygen atoms in total. The summed E-state index contributed by atoms with van der Waals surface area (Å²) < 4.78 is 9.42. The van der Waals surface area contributed by atoms with Crippen LogP contribution in [-0.4, -0.2) is 25.7 Å². The quantitative estimate of drug-likeness (QED) is 0.101. The van der Waals surface area contributed by atoms with Gasteiger partial charge < -0.3 is 8.98 Å². The third-order valence-corrected chi connectivity index (χ3v) is 7.90. The molecular weight excluding hydrogens is 490 g/mol. The summed E-state index contributed by atoms with van der Waals surface area (Å²) in [6.45, 7) is 9.93. The molecule has 0 saturated carbocycles. The minimum Gasteiger partial charge on any atom is -0.461 e. The molecule has 5 aromatic rings. The molecule has 0 bridgehead atoms. The number of allylic oxidation sites excluding steroid dienone is 1. The van der Waals surface area contributed by atoms with E-state index in [1.807, 2.05) is 74.7 Å². The SMILES string of the molecule is C=CCn1c(SCC(=O)c2cc(C)n(-c3ccccc3)c2C)nc2scc(-c3ccc(C)o3)c2c1=O. The summed E-state index contributed by atoms with van der Waals surface area (Å²) in [6.07, 6.45) is 1.66. The maximum Gasteiger partial charge on any atom is 0.263 e. The standard InChI is InChI=1S/C28H25N3O3S2/c1-5-13-30-27(33)25-22(24-12-11-18(3)34-24)15-35-26(25)29-28(30)36-16-23(32)21-14-17(2)31(19(21)4)20-9-7-6-8-10-20/h5-12,14-15H,1,13,16H2,2-4H3. The molecule has 0 amide bonds. The van der Waals surface area contributed by atoms with Gasteiger partial charge in [-0.2, -0.15) is 0 Å². The summed E-state index contributed by atoms with van der Waals surface area (Å²) >= 11 is 2.67. The topological polar surface area (TPSA) is 70.0 Å². The number of benzene rings is 1. The van der Waals surface area contributed by atoms with Gasteiger partial charge >= 0.3 is 0 Å². The second kappa shape index (κ2) is 9.79. The first-order valence-electron chi connectivity index (χ1n) is 11.5. The molecule has 1 aromatic carbocycles. The number of furan rings is 1. The molecule has 182 valence electrons. The van der Waals surface area contributed by atoms with E-state index in [0.29, 0.717) is 33.2 Å². The molecule has 4 heterocycles. The number of aryl methyl sites for hydroxylation is 2. The summed E-state index contributed by atoms with van der Waals surface area (Å²) in [5, 5.41) is 2.92. The molecule has 4 aromatic heterocycles. The van der Waals surface area contributed by atoms with Crippen molar-refractivity contribution in [2.45, 2.75) is 32.5 Å². The van der Waals surface area contributed by atoms with Crippen LogP contribution in [0.3, 0.4) is 0 Å². The van der Waals surface area contributed by atoms with E-state index in [1.165, 1.54) is 23.1 Å². The molecule has 5 rings (SSSR count). The summed E-state index contributed by atoms with van der Waals surface area (Å²) in [6, 6.07) is 15.6. The van der Waals surface area contributed by atoms with Crippen LogP contribution in [0.1, 0.15) is 27.5 Å². The van der Waals surface area contributed by atoms with Gasteiger partial charge in [0.05, 0.1) is 11.1 Å². The molecule has 0 aliphatic rings. The van der Waals surface area contributed by atoms with Gasteiger partial charge in [-0.3, -0.25) is 14.2 Å². The van der Waals surface area contributed by atoms with Crippen LogP contribution in [0.4, 0.5) is 0 Å². The number of carbonyl (C=O) groups excluding carboxylic acids is 1. The van der Waals surface area contributed by atoms with Crippen molar-refractivity contribution in [3.8, 4) is 17.0 Å². The molecule has 0 unspecified atom stereocenters. The number of hydrogen-bond donors (Lipinski definition) is 0. The van der Waals surface area contributed by atoms with Gasteiger partial charge in [0.2, 0.25) is 0 Å². The fraction of sp³-hybridized carbons (Fsp3) is 0.179. The molecule has 0 aliphatic heterocycles. The fourth-order valence-corrected chi connectivity index (χ4v) is 6.25. The van der Waals surface area contributed by atoms with Crippen LogP contribution in [0.2, 0.25) is 0 Å². The molecular formula is C28H25N3O3S2. The van der Waals surface area contributed by atoms with Gasteiger partial charge in [0, 0.05) is 40.1 Å². The highest BCUT2D eigenvalue weighted by atomic mass is 32.2. The van der Waals surface area contributed by atoms with Crippen molar-refractivity contribution in [1.29, 1.82) is 0 Å². The minimum atomic E-state index is -0.164. The van der Waals surface area contributed by atoms with Crippen molar-refractivity contribution < 1.29 is 9.21 Å². The van der Waals surface area contributed by atoms with E-state index in [-0.39, 0.29) is 17.1 Å². The first kappa shape index (κ1) is 24.1. The lowest BCUT2D eigenvalue weighted by Crippen LogP contribution is -2.23. The maximum atomic E-state index is 13.5. The van der Waals surface area contributed by atoms with E-state index < -0.39 is 0 Å². The van der Waals surface area contributed by atoms with Gasteiger partial charge in [0.25, 0.3) is 5.56 Å². The van der Waals surface area contributed by atoms with Gasteiger partial charge in [0.15, 0.2) is 10.9 Å². The zero-order chi connectivity index (χ0) is 25.4. The first-order chi connectivity index (χ1) is 17.4. The second-order valence-corrected chi connectivity index (χ2v) is 10.3. The number of nitrogens with zero attached hydrogens (tertiary/aromatic N) is 3. The van der Waals surface area contributed by atoms with E-state index >= 15 is 0 Å². The lowest BCUT2D eigenvalue weighted by molar-refractivity contribution is 0.102. The first-order valence-corrected chi connectivity index (χ1v) is 13.4. The van der Waals surface area contributed by atoms with Crippen molar-refractivity contribution in [2.24, 2.45) is 0 Å². The van der Waals surface area contributed by atoms with E-state index in [9.17, 15) is 9.59 Å². The molecule has 0 atom stereocenters. The highest BCUT2D eigenvalue weighted by Gasteiger charge is 2.21. The third kappa shape index (κ3) is 4.27. The summed E-state index contributed by atoms with van der Waals surface area (Å²) in [5.74, 6) is 1.59. The zero-order valence-corrected chi connectivity index (χ0v) is 21.9. The van der Waals surface area contributed by atoms with Crippen molar-refractivity contribution in [2.75, 3.05) is 5.75 Å². The van der Waals surface area contributed by atoms with Crippen LogP contribution in [0, 0.1) is 20.8 Å². The van der Waals surface area contributed by atoms with E-state index in [4.69, 9.17) is 9.40 Å². The van der Waals surface area contributed by atoms with Crippen molar-refractivity contribution >= 4 is 39.1 Å². The summed E-state index contributed by atoms with van der Waals surface area (Å²) in [7, 11) is 0. The number of para-hydroxylation sites is 1. The van der Waals surface area contributed by atoms with Crippen LogP contribution in [0.25, 0.3) is 27.2 Å². The molecule has 0 spiro atoms. The largest absolute Gasteiger partial charge is 0.461 e. The number of carbonyl (C=O) groups is 1. The van der Waals surface area contributed by atoms with Crippen LogP contribution in [0.5, 0.6) is 0 Å². The normalized spacial score (nSPS) is 11.3. The third-order valence-electron chi connectivity index (χ3n) is 6.05. The number of thiophene rings is 1. The summed E-state index contributed by atoms with van der Waals surface area (Å²) in [4.78, 5) is 32.2. The Hall–Kier alpha value is -3.62. The molecule has 8 heteroatoms. The lowest BCUT2D eigenvalue weighted by Gasteiger charge is -2.11. The molecule has 0 N–H and O–H groups in total. The number of rotatable bonds is 8. The number of Topliss-reactive ketones (excluding diaryl/α,β-unsaturated/α-hetero) is 1. The monoisotopic (exact) mass is 515 g/mol. The Morgan fingerprint density at radius 3 is 2.64 bits per heavy atom. The number of fused-ring (bicyclic) bond motifs is 1. The highest BCUT2D eigenvalue weighted by molar-refractivity contribution is 7.99. The Balaban J connectivity index is 1.47. The molecule has 0 aliphatic carbocycles. The van der Waals surface area contributed by atoms with Crippen molar-refractivity contribution in [3.63, 3.8) is 0 Å². The Kier molecular flexibility index (Phi) is 6.55. The molecule has 0 saturated heterocycles. The van der Waals surface area contributed by atoms with Gasteiger partial charge in [-0.25, -0.2) is 4.98 Å². The van der Waals surface area contributed by atoms with E-state index in [0.717, 1.165) is 28.4 Å². The average Bonchev–Trinajstić information content (AvgIpc) is 3.57. The van der Waals surface area contributed by atoms with Crippen LogP contribution >= 0.6 is 23.1 Å². The minimum absolute atomic E-state index is 0.00675. The maximum absolute atomic E-state index is 13.5. The number of hydrogen-bond acceptors (Lipinski definition) is 6. The van der Waals surface area contributed by atoms with Crippen LogP contribution in [-0.2, 0) is 6.54 Å². The molecule has 0 fully saturated rings. The van der Waals surface area contributed by atoms with Gasteiger partial charge in [-0.1, -0.05) is 36.0 Å². The Morgan fingerprint density at radius 2 is 1.94 bits per heavy atom. The number of thioether (sulfide) groups is 1. The van der Waals surface area contributed by atoms with E-state index in [1.54, 1.807) is 10.6 Å². The predicted octanol–water partition coefficient (Wildman–Crippen LogP) is 6.59. The Bertz CT molecular complexity index is 1650. The predicted molar refractivity (Wildman–Crippen MR) is 147 cm³/mol. The Labute approximate surface area is 216 Å². The summed E-state index contributed by atoms with van der Waals surface area (Å²) in [5.41, 5.74) is 4.16. The fourth-order valence-electron chi connectivity index (χ4n) is 4.39. The van der Waals surface area contributed by atoms with Gasteiger partial charge in [-0.15, -0.1) is 17.9 Å². The highest BCUT2D eigenvalue weighted by Crippen LogP contribution is 2.33. The zero-order valence-electron chi connectivity index (χ0n) is 20.3. The van der Waals surface area contributed by atoms with Gasteiger partial charge in [0.1, 0.15) is 16.4 Å². The lowest BCUT2D eigenvalue weighted by atomic mass is 10.2. The van der Waals surface area contributed by atoms with Crippen LogP contribution < -0.4 is 5.56 Å². The smallest absolute Gasteiger partial charge is 0.263 e. The molecule has 0 radical (unpaired) electrons. The van der Waals surface area contributed by atoms with Gasteiger partial charge in [-0.05, 0) is 51.1 Å². The number of ketones is 1. The second-order valence-electron chi connectivity index (χ2n) is 8.51. The average molecular weight is 516 g/mol. The molecule has 36 heavy (non-hydrogen) atoms. The Morgan fingerprint density at radius 1 is 1.17 bits per heavy atom. The van der Waals surface area contributed by atoms with Crippen molar-refractivity contribution in [1.82, 2.24) is 14.1 Å².